The van der Waals surface area contributed by atoms with Crippen LogP contribution in [-0.2, 0) is 21.4 Å². The highest BCUT2D eigenvalue weighted by molar-refractivity contribution is 7.89. The van der Waals surface area contributed by atoms with Crippen molar-refractivity contribution in [1.82, 2.24) is 10.0 Å². The van der Waals surface area contributed by atoms with Gasteiger partial charge in [0.2, 0.25) is 15.9 Å². The van der Waals surface area contributed by atoms with Crippen molar-refractivity contribution in [3.05, 3.63) is 71.3 Å². The molecule has 7 heteroatoms. The normalized spacial score (nSPS) is 11.2. The Morgan fingerprint density at radius 3 is 2.56 bits per heavy atom. The van der Waals surface area contributed by atoms with Crippen LogP contribution in [0.1, 0.15) is 16.7 Å². The van der Waals surface area contributed by atoms with Gasteiger partial charge in [-0.05, 0) is 48.5 Å². The molecule has 0 bridgehead atoms. The molecule has 0 aliphatic rings. The summed E-state index contributed by atoms with van der Waals surface area (Å²) in [6.07, 6.45) is 2.96. The molecule has 0 aliphatic carbocycles. The average molecular weight is 355 g/mol. The van der Waals surface area contributed by atoms with Gasteiger partial charge in [-0.15, -0.1) is 0 Å². The van der Waals surface area contributed by atoms with Crippen LogP contribution in [0.3, 0.4) is 0 Å². The van der Waals surface area contributed by atoms with Crippen LogP contribution >= 0.6 is 0 Å². The van der Waals surface area contributed by atoms with Gasteiger partial charge in [0.05, 0.1) is 16.5 Å². The predicted molar refractivity (Wildman–Crippen MR) is 94.7 cm³/mol. The van der Waals surface area contributed by atoms with Crippen LogP contribution in [-0.4, -0.2) is 21.4 Å². The zero-order valence-corrected chi connectivity index (χ0v) is 14.4. The summed E-state index contributed by atoms with van der Waals surface area (Å²) in [5, 5.41) is 11.6. The molecule has 0 aromatic heterocycles. The summed E-state index contributed by atoms with van der Waals surface area (Å²) >= 11 is 0. The molecular formula is C18H17N3O3S. The molecular weight excluding hydrogens is 338 g/mol. The minimum atomic E-state index is -3.47. The van der Waals surface area contributed by atoms with Crippen LogP contribution in [0.2, 0.25) is 0 Å². The summed E-state index contributed by atoms with van der Waals surface area (Å²) in [6, 6.07) is 15.2. The Labute approximate surface area is 146 Å². The minimum Gasteiger partial charge on any atom is -0.348 e. The first-order valence-corrected chi connectivity index (χ1v) is 8.91. The Hall–Kier alpha value is -2.95. The lowest BCUT2D eigenvalue weighted by Gasteiger charge is -2.03. The molecule has 0 heterocycles. The first-order valence-electron chi connectivity index (χ1n) is 7.43. The van der Waals surface area contributed by atoms with Crippen LogP contribution in [0.4, 0.5) is 0 Å². The van der Waals surface area contributed by atoms with E-state index in [-0.39, 0.29) is 10.8 Å². The molecule has 1 amide bonds. The molecule has 2 aromatic carbocycles. The number of nitrogens with one attached hydrogen (secondary N) is 2. The SMILES string of the molecule is CNS(=O)(=O)c1ccc(/C=C/C(=O)NCc2cccc(C#N)c2)cc1. The largest absolute Gasteiger partial charge is 0.348 e. The van der Waals surface area contributed by atoms with E-state index in [1.807, 2.05) is 12.1 Å². The fraction of sp³-hybridized carbons (Fsp3) is 0.111. The van der Waals surface area contributed by atoms with Crippen molar-refractivity contribution < 1.29 is 13.2 Å². The molecule has 0 fully saturated rings. The molecule has 0 spiro atoms. The Balaban J connectivity index is 1.95. The first-order chi connectivity index (χ1) is 11.9. The van der Waals surface area contributed by atoms with Gasteiger partial charge >= 0.3 is 0 Å². The van der Waals surface area contributed by atoms with Gasteiger partial charge in [0.25, 0.3) is 0 Å². The predicted octanol–water partition coefficient (Wildman–Crippen LogP) is 1.80. The summed E-state index contributed by atoms with van der Waals surface area (Å²) in [5.41, 5.74) is 2.08. The summed E-state index contributed by atoms with van der Waals surface area (Å²) in [4.78, 5) is 12.0. The van der Waals surface area contributed by atoms with E-state index >= 15 is 0 Å². The van der Waals surface area contributed by atoms with Crippen molar-refractivity contribution >= 4 is 22.0 Å². The van der Waals surface area contributed by atoms with E-state index < -0.39 is 10.0 Å². The summed E-state index contributed by atoms with van der Waals surface area (Å²) < 4.78 is 25.5. The summed E-state index contributed by atoms with van der Waals surface area (Å²) in [5.74, 6) is -0.283. The first kappa shape index (κ1) is 18.4. The fourth-order valence-electron chi connectivity index (χ4n) is 2.05. The molecule has 25 heavy (non-hydrogen) atoms. The number of nitriles is 1. The highest BCUT2D eigenvalue weighted by Gasteiger charge is 2.09. The summed E-state index contributed by atoms with van der Waals surface area (Å²) in [6.45, 7) is 0.318. The molecule has 0 saturated carbocycles. The summed E-state index contributed by atoms with van der Waals surface area (Å²) in [7, 11) is -2.12. The van der Waals surface area contributed by atoms with Crippen molar-refractivity contribution in [3.63, 3.8) is 0 Å². The monoisotopic (exact) mass is 355 g/mol. The third kappa shape index (κ3) is 5.28. The van der Waals surface area contributed by atoms with E-state index in [0.29, 0.717) is 17.7 Å². The van der Waals surface area contributed by atoms with Gasteiger partial charge < -0.3 is 5.32 Å². The standard InChI is InChI=1S/C18H17N3O3S/c1-20-25(23,24)17-8-5-14(6-9-17)7-10-18(22)21-13-16-4-2-3-15(11-16)12-19/h2-11,20H,13H2,1H3,(H,21,22)/b10-7+. The number of hydrogen-bond donors (Lipinski definition) is 2. The topological polar surface area (TPSA) is 99.1 Å². The number of nitrogens with zero attached hydrogens (tertiary/aromatic N) is 1. The molecule has 0 unspecified atom stereocenters. The maximum Gasteiger partial charge on any atom is 0.244 e. The van der Waals surface area contributed by atoms with E-state index in [4.69, 9.17) is 5.26 Å². The number of benzene rings is 2. The van der Waals surface area contributed by atoms with Gasteiger partial charge in [-0.3, -0.25) is 4.79 Å². The third-order valence-corrected chi connectivity index (χ3v) is 4.84. The lowest BCUT2D eigenvalue weighted by Crippen LogP contribution is -2.20. The van der Waals surface area contributed by atoms with E-state index in [2.05, 4.69) is 10.0 Å². The maximum absolute atomic E-state index is 11.8. The molecule has 2 aromatic rings. The number of carbonyl (C=O) groups is 1. The Bertz CT molecular complexity index is 927. The molecule has 2 rings (SSSR count). The third-order valence-electron chi connectivity index (χ3n) is 3.41. The van der Waals surface area contributed by atoms with Crippen LogP contribution in [0, 0.1) is 11.3 Å². The average Bonchev–Trinajstić information content (AvgIpc) is 2.65. The van der Waals surface area contributed by atoms with Crippen LogP contribution < -0.4 is 10.0 Å². The Morgan fingerprint density at radius 1 is 1.20 bits per heavy atom. The van der Waals surface area contributed by atoms with Gasteiger partial charge in [0.15, 0.2) is 0 Å². The second-order valence-corrected chi connectivity index (χ2v) is 7.03. The van der Waals surface area contributed by atoms with Crippen LogP contribution in [0.25, 0.3) is 6.08 Å². The van der Waals surface area contributed by atoms with E-state index in [9.17, 15) is 13.2 Å². The number of rotatable bonds is 6. The zero-order valence-electron chi connectivity index (χ0n) is 13.6. The Morgan fingerprint density at radius 2 is 1.92 bits per heavy atom. The van der Waals surface area contributed by atoms with E-state index in [1.165, 1.54) is 25.3 Å². The fourth-order valence-corrected chi connectivity index (χ4v) is 2.78. The van der Waals surface area contributed by atoms with Crippen LogP contribution in [0.5, 0.6) is 0 Å². The number of carbonyl (C=O) groups excluding carboxylic acids is 1. The van der Waals surface area contributed by atoms with Crippen molar-refractivity contribution in [2.75, 3.05) is 7.05 Å². The molecule has 0 aliphatic heterocycles. The number of amides is 1. The van der Waals surface area contributed by atoms with Gasteiger partial charge in [-0.25, -0.2) is 13.1 Å². The lowest BCUT2D eigenvalue weighted by molar-refractivity contribution is -0.116. The number of sulfonamides is 1. The second-order valence-electron chi connectivity index (χ2n) is 5.14. The van der Waals surface area contributed by atoms with Crippen molar-refractivity contribution in [2.45, 2.75) is 11.4 Å². The van der Waals surface area contributed by atoms with Crippen molar-refractivity contribution in [1.29, 1.82) is 5.26 Å². The van der Waals surface area contributed by atoms with Gasteiger partial charge in [-0.2, -0.15) is 5.26 Å². The highest BCUT2D eigenvalue weighted by atomic mass is 32.2. The van der Waals surface area contributed by atoms with Gasteiger partial charge in [0, 0.05) is 12.6 Å². The molecule has 0 atom stereocenters. The maximum atomic E-state index is 11.8. The highest BCUT2D eigenvalue weighted by Crippen LogP contribution is 2.11. The molecule has 0 radical (unpaired) electrons. The quantitative estimate of drug-likeness (QED) is 0.772. The molecule has 0 saturated heterocycles. The van der Waals surface area contributed by atoms with Crippen molar-refractivity contribution in [3.8, 4) is 6.07 Å². The molecule has 6 nitrogen and oxygen atoms in total. The van der Waals surface area contributed by atoms with Crippen LogP contribution in [0.15, 0.2) is 59.5 Å². The Kier molecular flexibility index (Phi) is 6.06. The molecule has 128 valence electrons. The zero-order chi connectivity index (χ0) is 18.3. The van der Waals surface area contributed by atoms with E-state index in [0.717, 1.165) is 5.56 Å². The lowest BCUT2D eigenvalue weighted by atomic mass is 10.1. The van der Waals surface area contributed by atoms with Crippen molar-refractivity contribution in [2.24, 2.45) is 0 Å². The van der Waals surface area contributed by atoms with Gasteiger partial charge in [-0.1, -0.05) is 24.3 Å². The van der Waals surface area contributed by atoms with Gasteiger partial charge in [0.1, 0.15) is 0 Å². The van der Waals surface area contributed by atoms with E-state index in [1.54, 1.807) is 36.4 Å². The smallest absolute Gasteiger partial charge is 0.244 e. The molecule has 2 N–H and O–H groups in total. The number of hydrogen-bond acceptors (Lipinski definition) is 4. The minimum absolute atomic E-state index is 0.161. The second kappa shape index (κ2) is 8.24.